The molecule has 1 fully saturated rings. The predicted molar refractivity (Wildman–Crippen MR) is 89.0 cm³/mol. The lowest BCUT2D eigenvalue weighted by Crippen LogP contribution is -2.38. The molecule has 0 spiro atoms. The number of hydrogen-bond donors (Lipinski definition) is 1. The molecule has 1 amide bonds. The van der Waals surface area contributed by atoms with Crippen LogP contribution in [0.25, 0.3) is 0 Å². The van der Waals surface area contributed by atoms with Gasteiger partial charge in [0.15, 0.2) is 5.13 Å². The molecule has 1 saturated heterocycles. The lowest BCUT2D eigenvalue weighted by Gasteiger charge is -2.31. The van der Waals surface area contributed by atoms with Crippen LogP contribution < -0.4 is 10.6 Å². The molecule has 2 N–H and O–H groups in total. The number of rotatable bonds is 5. The Labute approximate surface area is 131 Å². The summed E-state index contributed by atoms with van der Waals surface area (Å²) in [5, 5.41) is 0.851. The smallest absolute Gasteiger partial charge is 0.267 e. The highest BCUT2D eigenvalue weighted by Gasteiger charge is 2.26. The SMILES string of the molecule is CCC1CCN(C(=O)c2sc(N(CC)CC)nc2N)CC1. The highest BCUT2D eigenvalue weighted by molar-refractivity contribution is 7.18. The van der Waals surface area contributed by atoms with Gasteiger partial charge in [-0.25, -0.2) is 4.98 Å². The molecule has 0 aromatic carbocycles. The van der Waals surface area contributed by atoms with Gasteiger partial charge in [-0.3, -0.25) is 4.79 Å². The van der Waals surface area contributed by atoms with Gasteiger partial charge in [0.1, 0.15) is 10.7 Å². The summed E-state index contributed by atoms with van der Waals surface area (Å²) in [6.07, 6.45) is 3.41. The summed E-state index contributed by atoms with van der Waals surface area (Å²) in [5.74, 6) is 1.20. The molecule has 0 aliphatic carbocycles. The monoisotopic (exact) mass is 310 g/mol. The predicted octanol–water partition coefficient (Wildman–Crippen LogP) is 2.83. The topological polar surface area (TPSA) is 62.5 Å². The molecule has 0 atom stereocenters. The number of nitrogens with two attached hydrogens (primary N) is 1. The second-order valence-electron chi connectivity index (χ2n) is 5.53. The molecule has 1 aromatic rings. The summed E-state index contributed by atoms with van der Waals surface area (Å²) in [6, 6.07) is 0. The van der Waals surface area contributed by atoms with Crippen LogP contribution in [0, 0.1) is 5.92 Å². The summed E-state index contributed by atoms with van der Waals surface area (Å²) < 4.78 is 0. The van der Waals surface area contributed by atoms with Gasteiger partial charge >= 0.3 is 0 Å². The van der Waals surface area contributed by atoms with E-state index < -0.39 is 0 Å². The van der Waals surface area contributed by atoms with Crippen molar-refractivity contribution in [3.63, 3.8) is 0 Å². The Morgan fingerprint density at radius 3 is 2.48 bits per heavy atom. The molecular formula is C15H26N4OS. The van der Waals surface area contributed by atoms with Crippen LogP contribution in [0.4, 0.5) is 10.9 Å². The van der Waals surface area contributed by atoms with E-state index in [0.717, 1.165) is 50.1 Å². The number of nitrogens with zero attached hydrogens (tertiary/aromatic N) is 3. The minimum atomic E-state index is 0.0537. The number of carbonyl (C=O) groups is 1. The first-order valence-electron chi connectivity index (χ1n) is 7.91. The molecule has 2 rings (SSSR count). The minimum Gasteiger partial charge on any atom is -0.382 e. The number of likely N-dealkylation sites (tertiary alicyclic amines) is 1. The Morgan fingerprint density at radius 2 is 1.95 bits per heavy atom. The zero-order valence-electron chi connectivity index (χ0n) is 13.3. The molecule has 1 aromatic heterocycles. The second kappa shape index (κ2) is 7.11. The third-order valence-electron chi connectivity index (χ3n) is 4.35. The zero-order chi connectivity index (χ0) is 15.4. The van der Waals surface area contributed by atoms with Gasteiger partial charge in [0.25, 0.3) is 5.91 Å². The van der Waals surface area contributed by atoms with E-state index in [0.29, 0.717) is 10.7 Å². The van der Waals surface area contributed by atoms with Crippen molar-refractivity contribution in [2.45, 2.75) is 40.0 Å². The Morgan fingerprint density at radius 1 is 1.33 bits per heavy atom. The number of hydrogen-bond acceptors (Lipinski definition) is 5. The quantitative estimate of drug-likeness (QED) is 0.908. The highest BCUT2D eigenvalue weighted by Crippen LogP contribution is 2.30. The van der Waals surface area contributed by atoms with E-state index in [1.165, 1.54) is 17.8 Å². The van der Waals surface area contributed by atoms with E-state index >= 15 is 0 Å². The maximum Gasteiger partial charge on any atom is 0.267 e. The van der Waals surface area contributed by atoms with Crippen LogP contribution in [0.15, 0.2) is 0 Å². The Bertz CT molecular complexity index is 476. The van der Waals surface area contributed by atoms with Gasteiger partial charge in [-0.05, 0) is 32.6 Å². The van der Waals surface area contributed by atoms with Crippen molar-refractivity contribution in [1.29, 1.82) is 0 Å². The van der Waals surface area contributed by atoms with Crippen molar-refractivity contribution < 1.29 is 4.79 Å². The Hall–Kier alpha value is -1.30. The van der Waals surface area contributed by atoms with Crippen LogP contribution in [-0.4, -0.2) is 42.0 Å². The molecule has 2 heterocycles. The minimum absolute atomic E-state index is 0.0537. The summed E-state index contributed by atoms with van der Waals surface area (Å²) in [5.41, 5.74) is 5.97. The van der Waals surface area contributed by atoms with Crippen molar-refractivity contribution in [2.24, 2.45) is 5.92 Å². The fourth-order valence-corrected chi connectivity index (χ4v) is 3.87. The van der Waals surface area contributed by atoms with Gasteiger partial charge in [-0.15, -0.1) is 0 Å². The van der Waals surface area contributed by atoms with E-state index in [1.54, 1.807) is 0 Å². The van der Waals surface area contributed by atoms with E-state index in [9.17, 15) is 4.79 Å². The lowest BCUT2D eigenvalue weighted by atomic mass is 9.94. The maximum atomic E-state index is 12.6. The van der Waals surface area contributed by atoms with E-state index in [1.807, 2.05) is 4.90 Å². The molecule has 21 heavy (non-hydrogen) atoms. The van der Waals surface area contributed by atoms with Crippen LogP contribution in [0.2, 0.25) is 0 Å². The highest BCUT2D eigenvalue weighted by atomic mass is 32.1. The maximum absolute atomic E-state index is 12.6. The molecule has 5 nitrogen and oxygen atoms in total. The molecule has 118 valence electrons. The summed E-state index contributed by atoms with van der Waals surface area (Å²) in [7, 11) is 0. The first kappa shape index (κ1) is 16.1. The number of aromatic nitrogens is 1. The molecule has 1 aliphatic rings. The van der Waals surface area contributed by atoms with Crippen molar-refractivity contribution in [3.8, 4) is 0 Å². The molecule has 0 saturated carbocycles. The third-order valence-corrected chi connectivity index (χ3v) is 5.47. The molecular weight excluding hydrogens is 284 g/mol. The average molecular weight is 310 g/mol. The van der Waals surface area contributed by atoms with Crippen LogP contribution >= 0.6 is 11.3 Å². The fraction of sp³-hybridized carbons (Fsp3) is 0.733. The Balaban J connectivity index is 2.09. The zero-order valence-corrected chi connectivity index (χ0v) is 14.1. The van der Waals surface area contributed by atoms with Crippen LogP contribution in [0.3, 0.4) is 0 Å². The summed E-state index contributed by atoms with van der Waals surface area (Å²) >= 11 is 1.42. The number of amides is 1. The molecule has 1 aliphatic heterocycles. The van der Waals surface area contributed by atoms with E-state index in [-0.39, 0.29) is 5.91 Å². The molecule has 6 heteroatoms. The standard InChI is InChI=1S/C15H26N4OS/c1-4-11-7-9-19(10-8-11)14(20)12-13(16)17-15(21-12)18(5-2)6-3/h11H,4-10,16H2,1-3H3. The lowest BCUT2D eigenvalue weighted by molar-refractivity contribution is 0.0694. The van der Waals surface area contributed by atoms with Gasteiger partial charge in [0, 0.05) is 26.2 Å². The summed E-state index contributed by atoms with van der Waals surface area (Å²) in [6.45, 7) is 9.82. The third kappa shape index (κ3) is 3.48. The van der Waals surface area contributed by atoms with Crippen LogP contribution in [0.1, 0.15) is 49.7 Å². The van der Waals surface area contributed by atoms with Crippen molar-refractivity contribution >= 4 is 28.2 Å². The van der Waals surface area contributed by atoms with Crippen LogP contribution in [-0.2, 0) is 0 Å². The van der Waals surface area contributed by atoms with Gasteiger partial charge in [-0.1, -0.05) is 24.7 Å². The van der Waals surface area contributed by atoms with Crippen molar-refractivity contribution in [2.75, 3.05) is 36.8 Å². The number of carbonyl (C=O) groups excluding carboxylic acids is 1. The first-order valence-corrected chi connectivity index (χ1v) is 8.72. The van der Waals surface area contributed by atoms with Gasteiger partial charge in [0.05, 0.1) is 0 Å². The Kier molecular flexibility index (Phi) is 5.45. The molecule has 0 radical (unpaired) electrons. The number of piperidine rings is 1. The van der Waals surface area contributed by atoms with E-state index in [4.69, 9.17) is 5.73 Å². The van der Waals surface area contributed by atoms with Gasteiger partial charge in [0.2, 0.25) is 0 Å². The van der Waals surface area contributed by atoms with Crippen LogP contribution in [0.5, 0.6) is 0 Å². The second-order valence-corrected chi connectivity index (χ2v) is 6.50. The van der Waals surface area contributed by atoms with E-state index in [2.05, 4.69) is 30.7 Å². The van der Waals surface area contributed by atoms with Gasteiger partial charge < -0.3 is 15.5 Å². The number of nitrogen functional groups attached to an aromatic ring is 1. The summed E-state index contributed by atoms with van der Waals surface area (Å²) in [4.78, 5) is 21.7. The number of anilines is 2. The largest absolute Gasteiger partial charge is 0.382 e. The first-order chi connectivity index (χ1) is 10.1. The fourth-order valence-electron chi connectivity index (χ4n) is 2.79. The van der Waals surface area contributed by atoms with Gasteiger partial charge in [-0.2, -0.15) is 0 Å². The average Bonchev–Trinajstić information content (AvgIpc) is 2.89. The normalized spacial score (nSPS) is 16.2. The van der Waals surface area contributed by atoms with Crippen molar-refractivity contribution in [1.82, 2.24) is 9.88 Å². The van der Waals surface area contributed by atoms with Crippen molar-refractivity contribution in [3.05, 3.63) is 4.88 Å². The molecule has 0 unspecified atom stereocenters. The number of thiazole rings is 1. The molecule has 0 bridgehead atoms.